The van der Waals surface area contributed by atoms with Crippen LogP contribution in [0.5, 0.6) is 5.75 Å². The smallest absolute Gasteiger partial charge is 0.251 e. The quantitative estimate of drug-likeness (QED) is 0.145. The molecule has 0 aliphatic rings. The van der Waals surface area contributed by atoms with Crippen LogP contribution in [-0.2, 0) is 16.4 Å². The van der Waals surface area contributed by atoms with Gasteiger partial charge < -0.3 is 25.8 Å². The highest BCUT2D eigenvalue weighted by molar-refractivity contribution is 7.92. The number of hydrogen-bond acceptors (Lipinski definition) is 7. The minimum atomic E-state index is -3.71. The minimum absolute atomic E-state index is 0.0744. The first-order chi connectivity index (χ1) is 22.8. The van der Waals surface area contributed by atoms with Crippen LogP contribution in [0.4, 0.5) is 5.69 Å². The number of nitrogens with zero attached hydrogens (tertiary/aromatic N) is 1. The van der Waals surface area contributed by atoms with Gasteiger partial charge in [0.05, 0.1) is 37.2 Å². The summed E-state index contributed by atoms with van der Waals surface area (Å²) in [4.78, 5) is 27.3. The molecule has 4 N–H and O–H groups in total. The van der Waals surface area contributed by atoms with Gasteiger partial charge in [-0.05, 0) is 67.3 Å². The van der Waals surface area contributed by atoms with Gasteiger partial charge in [0, 0.05) is 30.8 Å². The van der Waals surface area contributed by atoms with E-state index >= 15 is 0 Å². The first-order valence-electron chi connectivity index (χ1n) is 15.7. The summed E-state index contributed by atoms with van der Waals surface area (Å²) in [5.74, 6) is -0.288. The number of aliphatic hydroxyl groups excluding tert-OH is 1. The predicted octanol–water partition coefficient (Wildman–Crippen LogP) is 4.63. The van der Waals surface area contributed by atoms with E-state index in [2.05, 4.69) is 16.0 Å². The first-order valence-corrected chi connectivity index (χ1v) is 17.6. The Bertz CT molecular complexity index is 1770. The summed E-state index contributed by atoms with van der Waals surface area (Å²) in [5, 5.41) is 20.6. The molecule has 4 atom stereocenters. The average molecular weight is 673 g/mol. The third-order valence-electron chi connectivity index (χ3n) is 8.28. The fraction of sp³-hybridized carbons (Fsp3) is 0.297. The van der Waals surface area contributed by atoms with Gasteiger partial charge in [-0.2, -0.15) is 0 Å². The van der Waals surface area contributed by atoms with Crippen molar-refractivity contribution < 1.29 is 27.9 Å². The SMILES string of the molecule is COc1ccc([C@@H](C)NC[C@@H](O)[C@H](Cc2ccccc2)NC(=O)c2cc(C(=O)N[C@@H](C)c3ccccc3)cc(N(C)S(C)(=O)=O)c2)cc1. The van der Waals surface area contributed by atoms with Crippen LogP contribution < -0.4 is 25.0 Å². The van der Waals surface area contributed by atoms with E-state index < -0.39 is 34.0 Å². The second-order valence-electron chi connectivity index (χ2n) is 11.8. The van der Waals surface area contributed by atoms with Crippen molar-refractivity contribution in [2.24, 2.45) is 0 Å². The summed E-state index contributed by atoms with van der Waals surface area (Å²) in [6.07, 6.45) is 0.381. The van der Waals surface area contributed by atoms with Crippen molar-refractivity contribution in [1.29, 1.82) is 0 Å². The molecule has 4 aromatic rings. The van der Waals surface area contributed by atoms with Gasteiger partial charge in [-0.3, -0.25) is 13.9 Å². The number of amides is 2. The molecule has 0 saturated heterocycles. The molecule has 48 heavy (non-hydrogen) atoms. The van der Waals surface area contributed by atoms with Crippen LogP contribution in [0, 0.1) is 0 Å². The van der Waals surface area contributed by atoms with Gasteiger partial charge in [0.1, 0.15) is 5.75 Å². The minimum Gasteiger partial charge on any atom is -0.497 e. The van der Waals surface area contributed by atoms with Crippen molar-refractivity contribution in [1.82, 2.24) is 16.0 Å². The fourth-order valence-electron chi connectivity index (χ4n) is 5.20. The lowest BCUT2D eigenvalue weighted by molar-refractivity contribution is 0.0825. The van der Waals surface area contributed by atoms with Gasteiger partial charge >= 0.3 is 0 Å². The number of anilines is 1. The molecule has 0 heterocycles. The highest BCUT2D eigenvalue weighted by Gasteiger charge is 2.25. The van der Waals surface area contributed by atoms with Gasteiger partial charge in [0.2, 0.25) is 10.0 Å². The zero-order chi connectivity index (χ0) is 34.8. The molecule has 0 saturated carbocycles. The van der Waals surface area contributed by atoms with Crippen molar-refractivity contribution in [2.75, 3.05) is 31.3 Å². The number of carbonyl (C=O) groups is 2. The molecule has 0 aliphatic heterocycles. The zero-order valence-electron chi connectivity index (χ0n) is 27.9. The summed E-state index contributed by atoms with van der Waals surface area (Å²) in [6, 6.07) is 29.7. The number of methoxy groups -OCH3 is 1. The van der Waals surface area contributed by atoms with Crippen LogP contribution in [-0.4, -0.2) is 64.4 Å². The van der Waals surface area contributed by atoms with Gasteiger partial charge in [0.15, 0.2) is 0 Å². The highest BCUT2D eigenvalue weighted by Crippen LogP contribution is 2.23. The monoisotopic (exact) mass is 672 g/mol. The van der Waals surface area contributed by atoms with Crippen LogP contribution in [0.25, 0.3) is 0 Å². The van der Waals surface area contributed by atoms with Crippen molar-refractivity contribution in [3.05, 3.63) is 131 Å². The van der Waals surface area contributed by atoms with Crippen molar-refractivity contribution in [3.63, 3.8) is 0 Å². The molecule has 0 bridgehead atoms. The molecule has 0 spiro atoms. The number of hydrogen-bond donors (Lipinski definition) is 4. The Hall–Kier alpha value is -4.71. The van der Waals surface area contributed by atoms with E-state index in [0.29, 0.717) is 6.42 Å². The van der Waals surface area contributed by atoms with E-state index in [0.717, 1.165) is 33.0 Å². The topological polar surface area (TPSA) is 137 Å². The van der Waals surface area contributed by atoms with Crippen LogP contribution in [0.1, 0.15) is 63.3 Å². The zero-order valence-corrected chi connectivity index (χ0v) is 28.7. The molecule has 0 aliphatic carbocycles. The van der Waals surface area contributed by atoms with E-state index in [1.54, 1.807) is 7.11 Å². The molecular formula is C37H44N4O6S. The lowest BCUT2D eigenvalue weighted by Crippen LogP contribution is -2.49. The highest BCUT2D eigenvalue weighted by atomic mass is 32.2. The number of sulfonamides is 1. The third kappa shape index (κ3) is 9.90. The maximum absolute atomic E-state index is 13.9. The summed E-state index contributed by atoms with van der Waals surface area (Å²) in [7, 11) is -0.745. The standard InChI is InChI=1S/C37H44N4O6S/c1-25(29-16-18-33(47-4)19-17-29)38-24-35(42)34(20-27-12-8-6-9-13-27)40-37(44)31-21-30(22-32(23-31)41(3)48(5,45)46)36(43)39-26(2)28-14-10-7-11-15-28/h6-19,21-23,25-26,34-35,38,42H,20,24H2,1-5H3,(H,39,43)(H,40,44)/t25-,26+,34+,35-/m1/s1. The molecule has 11 heteroatoms. The molecular weight excluding hydrogens is 628 g/mol. The van der Waals surface area contributed by atoms with Crippen LogP contribution in [0.2, 0.25) is 0 Å². The van der Waals surface area contributed by atoms with Crippen molar-refractivity contribution in [3.8, 4) is 5.75 Å². The number of aliphatic hydroxyl groups is 1. The molecule has 10 nitrogen and oxygen atoms in total. The molecule has 0 radical (unpaired) electrons. The Morgan fingerprint density at radius 1 is 0.792 bits per heavy atom. The molecule has 4 rings (SSSR count). The molecule has 0 aromatic heterocycles. The summed E-state index contributed by atoms with van der Waals surface area (Å²) >= 11 is 0. The molecule has 0 fully saturated rings. The largest absolute Gasteiger partial charge is 0.497 e. The van der Waals surface area contributed by atoms with Crippen molar-refractivity contribution >= 4 is 27.5 Å². The first kappa shape index (κ1) is 36.1. The predicted molar refractivity (Wildman–Crippen MR) is 189 cm³/mol. The van der Waals surface area contributed by atoms with E-state index in [1.165, 1.54) is 25.2 Å². The Balaban J connectivity index is 1.59. The number of nitrogens with one attached hydrogen (secondary N) is 3. The number of ether oxygens (including phenoxy) is 1. The Morgan fingerprint density at radius 2 is 1.33 bits per heavy atom. The summed E-state index contributed by atoms with van der Waals surface area (Å²) < 4.78 is 31.2. The Kier molecular flexibility index (Phi) is 12.4. The lowest BCUT2D eigenvalue weighted by Gasteiger charge is -2.27. The molecule has 2 amide bonds. The Morgan fingerprint density at radius 3 is 1.90 bits per heavy atom. The summed E-state index contributed by atoms with van der Waals surface area (Å²) in [6.45, 7) is 3.99. The summed E-state index contributed by atoms with van der Waals surface area (Å²) in [5.41, 5.74) is 3.14. The van der Waals surface area contributed by atoms with E-state index in [4.69, 9.17) is 4.74 Å². The van der Waals surface area contributed by atoms with Crippen LogP contribution >= 0.6 is 0 Å². The number of benzene rings is 4. The van der Waals surface area contributed by atoms with Crippen LogP contribution in [0.15, 0.2) is 103 Å². The van der Waals surface area contributed by atoms with Gasteiger partial charge in [-0.1, -0.05) is 72.8 Å². The molecule has 254 valence electrons. The van der Waals surface area contributed by atoms with E-state index in [9.17, 15) is 23.1 Å². The van der Waals surface area contributed by atoms with Gasteiger partial charge in [-0.15, -0.1) is 0 Å². The van der Waals surface area contributed by atoms with Gasteiger partial charge in [-0.25, -0.2) is 8.42 Å². The third-order valence-corrected chi connectivity index (χ3v) is 9.48. The fourth-order valence-corrected chi connectivity index (χ4v) is 5.69. The van der Waals surface area contributed by atoms with E-state index in [1.807, 2.05) is 98.8 Å². The molecule has 0 unspecified atom stereocenters. The Labute approximate surface area is 283 Å². The maximum atomic E-state index is 13.9. The van der Waals surface area contributed by atoms with Crippen molar-refractivity contribution in [2.45, 2.75) is 44.5 Å². The van der Waals surface area contributed by atoms with E-state index in [-0.39, 0.29) is 35.4 Å². The van der Waals surface area contributed by atoms with Gasteiger partial charge in [0.25, 0.3) is 11.8 Å². The number of rotatable bonds is 15. The average Bonchev–Trinajstić information content (AvgIpc) is 3.09. The van der Waals surface area contributed by atoms with Crippen LogP contribution in [0.3, 0.4) is 0 Å². The number of carbonyl (C=O) groups excluding carboxylic acids is 2. The maximum Gasteiger partial charge on any atom is 0.251 e. The second kappa shape index (κ2) is 16.4. The normalized spacial score (nSPS) is 13.9. The molecule has 4 aromatic carbocycles. The lowest BCUT2D eigenvalue weighted by atomic mass is 9.99. The second-order valence-corrected chi connectivity index (χ2v) is 13.9.